The van der Waals surface area contributed by atoms with Crippen LogP contribution in [0.15, 0.2) is 130 Å². The fraction of sp³-hybridized carbons (Fsp3) is 0.108. The highest BCUT2D eigenvalue weighted by molar-refractivity contribution is 7.07. The van der Waals surface area contributed by atoms with E-state index in [0.29, 0.717) is 44.1 Å². The number of carbonyl (C=O) groups excluding carboxylic acids is 1. The Morgan fingerprint density at radius 3 is 2.57 bits per heavy atom. The van der Waals surface area contributed by atoms with Crippen LogP contribution in [0.5, 0.6) is 5.75 Å². The Morgan fingerprint density at radius 2 is 1.76 bits per heavy atom. The van der Waals surface area contributed by atoms with Crippen LogP contribution in [-0.4, -0.2) is 22.2 Å². The zero-order valence-corrected chi connectivity index (χ0v) is 25.9. The Balaban J connectivity index is 1.37. The van der Waals surface area contributed by atoms with Crippen molar-refractivity contribution in [1.82, 2.24) is 9.13 Å². The molecule has 228 valence electrons. The van der Waals surface area contributed by atoms with E-state index >= 15 is 0 Å². The lowest BCUT2D eigenvalue weighted by Gasteiger charge is -2.25. The van der Waals surface area contributed by atoms with E-state index in [1.54, 1.807) is 30.7 Å². The lowest BCUT2D eigenvalue weighted by molar-refractivity contribution is -0.113. The molecule has 0 fully saturated rings. The van der Waals surface area contributed by atoms with Crippen molar-refractivity contribution in [3.63, 3.8) is 0 Å². The van der Waals surface area contributed by atoms with Gasteiger partial charge in [-0.25, -0.2) is 9.38 Å². The normalized spacial score (nSPS) is 14.7. The minimum absolute atomic E-state index is 0.264. The zero-order valence-electron chi connectivity index (χ0n) is 25.1. The summed E-state index contributed by atoms with van der Waals surface area (Å²) in [5, 5.41) is 3.91. The number of rotatable bonds is 7. The monoisotopic (exact) mass is 628 g/mol. The first-order valence-electron chi connectivity index (χ1n) is 14.8. The number of halogens is 1. The van der Waals surface area contributed by atoms with Gasteiger partial charge in [-0.3, -0.25) is 14.2 Å². The highest BCUT2D eigenvalue weighted by atomic mass is 32.1. The molecular formula is C37H29FN4O3S. The SMILES string of the molecule is COc1cccc([C@H]2C(C(=O)Nc3ccccc3)=C(C)N=c3s/c(=C\c4cn(Cc5ccccc5F)c5ccccc45)c(=O)n32)c1. The van der Waals surface area contributed by atoms with Crippen molar-refractivity contribution in [1.29, 1.82) is 0 Å². The third kappa shape index (κ3) is 5.35. The van der Waals surface area contributed by atoms with Crippen molar-refractivity contribution in [2.45, 2.75) is 19.5 Å². The number of ether oxygens (including phenoxy) is 1. The Hall–Kier alpha value is -5.54. The second-order valence-corrected chi connectivity index (χ2v) is 12.0. The molecule has 7 rings (SSSR count). The molecule has 0 bridgehead atoms. The number of allylic oxidation sites excluding steroid dienone is 1. The van der Waals surface area contributed by atoms with Crippen molar-refractivity contribution >= 4 is 39.9 Å². The van der Waals surface area contributed by atoms with Gasteiger partial charge in [0.2, 0.25) is 0 Å². The average molecular weight is 629 g/mol. The van der Waals surface area contributed by atoms with Crippen molar-refractivity contribution in [2.75, 3.05) is 12.4 Å². The number of amides is 1. The summed E-state index contributed by atoms with van der Waals surface area (Å²) in [5.41, 5.74) is 4.32. The van der Waals surface area contributed by atoms with Gasteiger partial charge in [0.05, 0.1) is 35.5 Å². The van der Waals surface area contributed by atoms with Crippen LogP contribution in [0.2, 0.25) is 0 Å². The quantitative estimate of drug-likeness (QED) is 0.235. The van der Waals surface area contributed by atoms with Gasteiger partial charge in [-0.2, -0.15) is 0 Å². The molecule has 1 N–H and O–H groups in total. The van der Waals surface area contributed by atoms with Gasteiger partial charge in [-0.1, -0.05) is 78.1 Å². The number of methoxy groups -OCH3 is 1. The van der Waals surface area contributed by atoms with Gasteiger partial charge in [0, 0.05) is 33.9 Å². The van der Waals surface area contributed by atoms with Crippen molar-refractivity contribution in [3.05, 3.63) is 163 Å². The van der Waals surface area contributed by atoms with E-state index in [4.69, 9.17) is 9.73 Å². The number of carbonyl (C=O) groups is 1. The molecule has 46 heavy (non-hydrogen) atoms. The molecule has 1 amide bonds. The van der Waals surface area contributed by atoms with Crippen LogP contribution in [0.25, 0.3) is 17.0 Å². The minimum Gasteiger partial charge on any atom is -0.497 e. The van der Waals surface area contributed by atoms with Crippen LogP contribution in [0.4, 0.5) is 10.1 Å². The first kappa shape index (κ1) is 29.2. The fourth-order valence-corrected chi connectivity index (χ4v) is 6.97. The molecule has 1 aliphatic heterocycles. The van der Waals surface area contributed by atoms with Crippen LogP contribution < -0.4 is 24.9 Å². The summed E-state index contributed by atoms with van der Waals surface area (Å²) >= 11 is 1.27. The Labute approximate surface area is 267 Å². The third-order valence-corrected chi connectivity index (χ3v) is 9.09. The van der Waals surface area contributed by atoms with Crippen molar-refractivity contribution in [3.8, 4) is 5.75 Å². The molecule has 3 heterocycles. The lowest BCUT2D eigenvalue weighted by Crippen LogP contribution is -2.40. The average Bonchev–Trinajstić information content (AvgIpc) is 3.57. The van der Waals surface area contributed by atoms with Gasteiger partial charge < -0.3 is 14.6 Å². The largest absolute Gasteiger partial charge is 0.497 e. The van der Waals surface area contributed by atoms with E-state index in [0.717, 1.165) is 22.0 Å². The number of thiazole rings is 1. The van der Waals surface area contributed by atoms with Crippen LogP contribution in [-0.2, 0) is 11.3 Å². The van der Waals surface area contributed by atoms with Gasteiger partial charge in [0.25, 0.3) is 11.5 Å². The maximum absolute atomic E-state index is 14.6. The lowest BCUT2D eigenvalue weighted by atomic mass is 9.95. The van der Waals surface area contributed by atoms with Gasteiger partial charge in [0.15, 0.2) is 4.80 Å². The first-order chi connectivity index (χ1) is 22.4. The van der Waals surface area contributed by atoms with Crippen LogP contribution in [0.3, 0.4) is 0 Å². The molecule has 1 aliphatic rings. The highest BCUT2D eigenvalue weighted by Gasteiger charge is 2.33. The molecule has 2 aromatic heterocycles. The van der Waals surface area contributed by atoms with Gasteiger partial charge in [-0.15, -0.1) is 0 Å². The summed E-state index contributed by atoms with van der Waals surface area (Å²) in [4.78, 5) is 33.4. The van der Waals surface area contributed by atoms with E-state index in [2.05, 4.69) is 5.32 Å². The molecule has 9 heteroatoms. The summed E-state index contributed by atoms with van der Waals surface area (Å²) in [5.74, 6) is 0.000632. The maximum atomic E-state index is 14.6. The minimum atomic E-state index is -0.736. The maximum Gasteiger partial charge on any atom is 0.271 e. The molecular weight excluding hydrogens is 599 g/mol. The molecule has 1 atom stereocenters. The van der Waals surface area contributed by atoms with Gasteiger partial charge in [-0.05, 0) is 55.0 Å². The number of aromatic nitrogens is 2. The fourth-order valence-electron chi connectivity index (χ4n) is 5.93. The molecule has 7 nitrogen and oxygen atoms in total. The zero-order chi connectivity index (χ0) is 31.8. The van der Waals surface area contributed by atoms with E-state index in [-0.39, 0.29) is 17.3 Å². The number of hydrogen-bond donors (Lipinski definition) is 1. The Bertz CT molecular complexity index is 2340. The van der Waals surface area contributed by atoms with E-state index in [1.807, 2.05) is 102 Å². The van der Waals surface area contributed by atoms with Crippen LogP contribution in [0, 0.1) is 5.82 Å². The molecule has 6 aromatic rings. The number of nitrogens with one attached hydrogen (secondary N) is 1. The number of nitrogens with zero attached hydrogens (tertiary/aromatic N) is 3. The molecule has 0 aliphatic carbocycles. The summed E-state index contributed by atoms with van der Waals surface area (Å²) in [6.45, 7) is 2.14. The molecule has 0 saturated heterocycles. The van der Waals surface area contributed by atoms with Crippen molar-refractivity contribution < 1.29 is 13.9 Å². The summed E-state index contributed by atoms with van der Waals surface area (Å²) < 4.78 is 24.1. The van der Waals surface area contributed by atoms with Crippen LogP contribution >= 0.6 is 11.3 Å². The van der Waals surface area contributed by atoms with Crippen molar-refractivity contribution in [2.24, 2.45) is 4.99 Å². The number of benzene rings is 4. The topological polar surface area (TPSA) is 77.6 Å². The van der Waals surface area contributed by atoms with E-state index in [1.165, 1.54) is 17.4 Å². The second-order valence-electron chi connectivity index (χ2n) is 11.0. The first-order valence-corrected chi connectivity index (χ1v) is 15.6. The summed E-state index contributed by atoms with van der Waals surface area (Å²) in [7, 11) is 1.58. The molecule has 4 aromatic carbocycles. The van der Waals surface area contributed by atoms with E-state index in [9.17, 15) is 14.0 Å². The predicted octanol–water partition coefficient (Wildman–Crippen LogP) is 6.02. The van der Waals surface area contributed by atoms with Gasteiger partial charge >= 0.3 is 0 Å². The summed E-state index contributed by atoms with van der Waals surface area (Å²) in [6.07, 6.45) is 3.80. The molecule has 0 saturated carbocycles. The second kappa shape index (κ2) is 12.1. The van der Waals surface area contributed by atoms with Crippen LogP contribution in [0.1, 0.15) is 29.7 Å². The highest BCUT2D eigenvalue weighted by Crippen LogP contribution is 2.32. The molecule has 0 spiro atoms. The third-order valence-electron chi connectivity index (χ3n) is 8.11. The number of anilines is 1. The number of fused-ring (bicyclic) bond motifs is 2. The number of hydrogen-bond acceptors (Lipinski definition) is 5. The predicted molar refractivity (Wildman–Crippen MR) is 179 cm³/mol. The smallest absolute Gasteiger partial charge is 0.271 e. The van der Waals surface area contributed by atoms with E-state index < -0.39 is 6.04 Å². The molecule has 0 unspecified atom stereocenters. The Morgan fingerprint density at radius 1 is 1.00 bits per heavy atom. The summed E-state index contributed by atoms with van der Waals surface area (Å²) in [6, 6.07) is 30.4. The number of para-hydroxylation sites is 2. The molecule has 0 radical (unpaired) electrons. The Kier molecular flexibility index (Phi) is 7.68. The standard InChI is InChI=1S/C37H29FN4O3S/c1-23-33(35(43)40-27-13-4-3-5-14-27)34(24-12-10-15-28(19-24)45-2)42-36(44)32(46-37(42)39-23)20-26-22-41(31-18-9-7-16-29(26)31)21-25-11-6-8-17-30(25)38/h3-20,22,34H,21H2,1-2H3,(H,40,43)/b32-20-/t34-/m0/s1. The van der Waals surface area contributed by atoms with Gasteiger partial charge in [0.1, 0.15) is 11.6 Å².